The predicted molar refractivity (Wildman–Crippen MR) is 117 cm³/mol. The van der Waals surface area contributed by atoms with Gasteiger partial charge in [-0.05, 0) is 24.5 Å². The van der Waals surface area contributed by atoms with Gasteiger partial charge in [-0.15, -0.1) is 0 Å². The van der Waals surface area contributed by atoms with Crippen LogP contribution in [0, 0.1) is 0 Å². The zero-order chi connectivity index (χ0) is 24.0. The van der Waals surface area contributed by atoms with Crippen molar-refractivity contribution in [2.75, 3.05) is 0 Å². The van der Waals surface area contributed by atoms with Gasteiger partial charge in [-0.2, -0.15) is 22.0 Å². The highest BCUT2D eigenvalue weighted by Gasteiger charge is 2.60. The number of aryl methyl sites for hydroxylation is 1. The van der Waals surface area contributed by atoms with Crippen LogP contribution in [-0.4, -0.2) is 17.3 Å². The van der Waals surface area contributed by atoms with E-state index >= 15 is 0 Å². The van der Waals surface area contributed by atoms with Crippen molar-refractivity contribution in [3.8, 4) is 0 Å². The second-order valence-corrected chi connectivity index (χ2v) is 8.56. The van der Waals surface area contributed by atoms with Crippen molar-refractivity contribution in [2.24, 2.45) is 0 Å². The normalized spacial score (nSPS) is 12.3. The van der Waals surface area contributed by atoms with Crippen LogP contribution < -0.4 is 0 Å². The highest BCUT2D eigenvalue weighted by molar-refractivity contribution is 5.90. The first-order valence-corrected chi connectivity index (χ1v) is 11.9. The molecule has 0 aliphatic carbocycles. The summed E-state index contributed by atoms with van der Waals surface area (Å²) in [5.41, 5.74) is -2.66. The predicted octanol–water partition coefficient (Wildman–Crippen LogP) is 9.06. The second kappa shape index (κ2) is 14.5. The lowest BCUT2D eigenvalue weighted by atomic mass is 9.91. The lowest BCUT2D eigenvalue weighted by Gasteiger charge is -2.24. The number of aromatic carboxylic acids is 1. The average molecular weight is 465 g/mol. The van der Waals surface area contributed by atoms with Gasteiger partial charge in [0.2, 0.25) is 0 Å². The molecule has 1 N–H and O–H groups in total. The van der Waals surface area contributed by atoms with Crippen LogP contribution in [0.15, 0.2) is 18.2 Å². The largest absolute Gasteiger partial charge is 0.478 e. The van der Waals surface area contributed by atoms with Crippen LogP contribution in [0.1, 0.15) is 118 Å². The Bertz CT molecular complexity index is 671. The van der Waals surface area contributed by atoms with Gasteiger partial charge in [-0.3, -0.25) is 0 Å². The maximum atomic E-state index is 14.0. The molecule has 0 saturated carbocycles. The number of hydrogen-bond donors (Lipinski definition) is 1. The van der Waals surface area contributed by atoms with Crippen LogP contribution in [0.5, 0.6) is 0 Å². The Hall–Kier alpha value is -1.66. The van der Waals surface area contributed by atoms with Crippen molar-refractivity contribution >= 4 is 5.97 Å². The van der Waals surface area contributed by atoms with Crippen LogP contribution >= 0.6 is 0 Å². The summed E-state index contributed by atoms with van der Waals surface area (Å²) in [5, 5.41) is 9.11. The molecule has 0 fully saturated rings. The van der Waals surface area contributed by atoms with Crippen molar-refractivity contribution < 1.29 is 31.9 Å². The summed E-state index contributed by atoms with van der Waals surface area (Å²) in [4.78, 5) is 11.2. The summed E-state index contributed by atoms with van der Waals surface area (Å²) in [5.74, 6) is -6.99. The van der Waals surface area contributed by atoms with Gasteiger partial charge in [-0.1, -0.05) is 103 Å². The number of carboxylic acids is 1. The van der Waals surface area contributed by atoms with Gasteiger partial charge in [0.15, 0.2) is 0 Å². The van der Waals surface area contributed by atoms with Crippen molar-refractivity contribution in [2.45, 2.75) is 115 Å². The molecule has 0 aromatic heterocycles. The lowest BCUT2D eigenvalue weighted by Crippen LogP contribution is -2.36. The molecule has 184 valence electrons. The summed E-state index contributed by atoms with van der Waals surface area (Å²) in [6.07, 6.45) is 9.75. The van der Waals surface area contributed by atoms with E-state index in [0.29, 0.717) is 12.8 Å². The Labute approximate surface area is 188 Å². The molecule has 0 aliphatic rings. The molecular formula is C25H37F5O2. The van der Waals surface area contributed by atoms with Gasteiger partial charge in [-0.25, -0.2) is 4.79 Å². The lowest BCUT2D eigenvalue weighted by molar-refractivity contribution is -0.289. The van der Waals surface area contributed by atoms with Crippen molar-refractivity contribution in [3.63, 3.8) is 0 Å². The minimum absolute atomic E-state index is 0.000153. The summed E-state index contributed by atoms with van der Waals surface area (Å²) in [6.45, 7) is 2.21. The minimum Gasteiger partial charge on any atom is -0.478 e. The molecule has 0 bridgehead atoms. The molecule has 0 aliphatic heterocycles. The first kappa shape index (κ1) is 28.4. The highest BCUT2D eigenvalue weighted by Crippen LogP contribution is 2.46. The fourth-order valence-electron chi connectivity index (χ4n) is 4.01. The standard InChI is InChI=1S/C25H37F5O2/c1-2-3-4-5-6-7-8-9-10-11-12-13-14-15-17-20-18-16-19-21(23(31)32)22(20)24(26,27)25(28,29)30/h16,18-19H,2-15,17H2,1H3,(H,31,32). The maximum absolute atomic E-state index is 14.0. The first-order chi connectivity index (χ1) is 15.1. The Balaban J connectivity index is 2.37. The first-order valence-electron chi connectivity index (χ1n) is 11.9. The van der Waals surface area contributed by atoms with Gasteiger partial charge in [0.1, 0.15) is 0 Å². The molecule has 1 rings (SSSR count). The minimum atomic E-state index is -5.84. The summed E-state index contributed by atoms with van der Waals surface area (Å²) in [6, 6.07) is 3.19. The molecule has 0 unspecified atom stereocenters. The van der Waals surface area contributed by atoms with Crippen LogP contribution in [0.3, 0.4) is 0 Å². The molecule has 0 radical (unpaired) electrons. The molecule has 0 atom stereocenters. The number of unbranched alkanes of at least 4 members (excludes halogenated alkanes) is 13. The average Bonchev–Trinajstić information content (AvgIpc) is 2.72. The van der Waals surface area contributed by atoms with Crippen molar-refractivity contribution in [3.05, 3.63) is 34.9 Å². The Morgan fingerprint density at radius 3 is 1.59 bits per heavy atom. The van der Waals surface area contributed by atoms with E-state index in [1.165, 1.54) is 63.5 Å². The maximum Gasteiger partial charge on any atom is 0.458 e. The molecule has 32 heavy (non-hydrogen) atoms. The van der Waals surface area contributed by atoms with E-state index < -0.39 is 29.2 Å². The summed E-state index contributed by atoms with van der Waals surface area (Å²) < 4.78 is 66.8. The molecule has 0 saturated heterocycles. The number of alkyl halides is 5. The Morgan fingerprint density at radius 2 is 1.19 bits per heavy atom. The third kappa shape index (κ3) is 9.45. The van der Waals surface area contributed by atoms with Gasteiger partial charge in [0.25, 0.3) is 0 Å². The van der Waals surface area contributed by atoms with E-state index in [2.05, 4.69) is 6.92 Å². The number of benzene rings is 1. The molecule has 0 amide bonds. The van der Waals surface area contributed by atoms with E-state index in [1.807, 2.05) is 0 Å². The van der Waals surface area contributed by atoms with E-state index in [9.17, 15) is 26.7 Å². The number of carboxylic acid groups (broad SMARTS) is 1. The van der Waals surface area contributed by atoms with Gasteiger partial charge >= 0.3 is 18.1 Å². The third-order valence-electron chi connectivity index (χ3n) is 5.85. The van der Waals surface area contributed by atoms with Gasteiger partial charge in [0.05, 0.1) is 5.56 Å². The van der Waals surface area contributed by atoms with Crippen LogP contribution in [0.4, 0.5) is 22.0 Å². The molecule has 0 spiro atoms. The molecular weight excluding hydrogens is 427 g/mol. The third-order valence-corrected chi connectivity index (χ3v) is 5.85. The van der Waals surface area contributed by atoms with Crippen molar-refractivity contribution in [1.29, 1.82) is 0 Å². The molecule has 1 aromatic rings. The fourth-order valence-corrected chi connectivity index (χ4v) is 4.01. The smallest absolute Gasteiger partial charge is 0.458 e. The van der Waals surface area contributed by atoms with Crippen LogP contribution in [0.25, 0.3) is 0 Å². The zero-order valence-corrected chi connectivity index (χ0v) is 19.1. The quantitative estimate of drug-likeness (QED) is 0.184. The van der Waals surface area contributed by atoms with E-state index in [1.54, 1.807) is 0 Å². The number of halogens is 5. The monoisotopic (exact) mass is 464 g/mol. The number of carbonyl (C=O) groups is 1. The van der Waals surface area contributed by atoms with Gasteiger partial charge < -0.3 is 5.11 Å². The van der Waals surface area contributed by atoms with Crippen LogP contribution in [-0.2, 0) is 12.3 Å². The molecule has 0 heterocycles. The Morgan fingerprint density at radius 1 is 0.750 bits per heavy atom. The van der Waals surface area contributed by atoms with Crippen molar-refractivity contribution in [1.82, 2.24) is 0 Å². The van der Waals surface area contributed by atoms with E-state index in [-0.39, 0.29) is 12.0 Å². The zero-order valence-electron chi connectivity index (χ0n) is 19.1. The van der Waals surface area contributed by atoms with Crippen LogP contribution in [0.2, 0.25) is 0 Å². The molecule has 2 nitrogen and oxygen atoms in total. The summed E-state index contributed by atoms with van der Waals surface area (Å²) >= 11 is 0. The molecule has 1 aromatic carbocycles. The Kier molecular flexibility index (Phi) is 12.8. The topological polar surface area (TPSA) is 37.3 Å². The van der Waals surface area contributed by atoms with Gasteiger partial charge in [0, 0.05) is 5.56 Å². The number of hydrogen-bond acceptors (Lipinski definition) is 1. The second-order valence-electron chi connectivity index (χ2n) is 8.56. The highest BCUT2D eigenvalue weighted by atomic mass is 19.4. The fraction of sp³-hybridized carbons (Fsp3) is 0.720. The number of rotatable bonds is 17. The van der Waals surface area contributed by atoms with E-state index in [4.69, 9.17) is 5.11 Å². The summed E-state index contributed by atoms with van der Waals surface area (Å²) in [7, 11) is 0. The molecule has 7 heteroatoms. The van der Waals surface area contributed by atoms with E-state index in [0.717, 1.165) is 31.7 Å². The SMILES string of the molecule is CCCCCCCCCCCCCCCCc1cccc(C(=O)O)c1C(F)(F)C(F)(F)F.